The van der Waals surface area contributed by atoms with E-state index in [1.165, 1.54) is 6.07 Å². The predicted molar refractivity (Wildman–Crippen MR) is 61.7 cm³/mol. The Morgan fingerprint density at radius 2 is 2.12 bits per heavy atom. The number of rotatable bonds is 5. The number of hydrogen-bond acceptors (Lipinski definition) is 4. The van der Waals surface area contributed by atoms with Crippen molar-refractivity contribution < 1.29 is 15.3 Å². The van der Waals surface area contributed by atoms with Gasteiger partial charge < -0.3 is 21.1 Å². The van der Waals surface area contributed by atoms with E-state index in [9.17, 15) is 10.2 Å². The molecule has 1 aromatic rings. The van der Waals surface area contributed by atoms with Gasteiger partial charge in [-0.3, -0.25) is 0 Å². The summed E-state index contributed by atoms with van der Waals surface area (Å²) in [5.41, 5.74) is 6.70. The van der Waals surface area contributed by atoms with Gasteiger partial charge in [-0.25, -0.2) is 0 Å². The fraction of sp³-hybridized carbons (Fsp3) is 0.250. The lowest BCUT2D eigenvalue weighted by molar-refractivity contribution is 0.0934. The Balaban J connectivity index is 2.93. The van der Waals surface area contributed by atoms with E-state index in [0.717, 1.165) is 5.56 Å². The number of nitrogens with two attached hydrogens (primary N) is 1. The fourth-order valence-electron chi connectivity index (χ4n) is 1.33. The molecule has 0 fully saturated rings. The molecule has 2 atom stereocenters. The number of phenols is 1. The summed E-state index contributed by atoms with van der Waals surface area (Å²) in [4.78, 5) is 0. The smallest absolute Gasteiger partial charge is 0.121 e. The van der Waals surface area contributed by atoms with Crippen molar-refractivity contribution in [1.82, 2.24) is 0 Å². The lowest BCUT2D eigenvalue weighted by Gasteiger charge is -2.12. The molecule has 0 amide bonds. The predicted octanol–water partition coefficient (Wildman–Crippen LogP) is 0.484. The van der Waals surface area contributed by atoms with E-state index < -0.39 is 12.7 Å². The molecule has 1 aromatic carbocycles. The molecule has 0 aliphatic heterocycles. The first-order valence-corrected chi connectivity index (χ1v) is 4.93. The van der Waals surface area contributed by atoms with E-state index in [1.807, 2.05) is 0 Å². The van der Waals surface area contributed by atoms with Gasteiger partial charge in [-0.05, 0) is 17.7 Å². The molecule has 0 saturated carbocycles. The van der Waals surface area contributed by atoms with Crippen LogP contribution in [0.4, 0.5) is 0 Å². The third-order valence-electron chi connectivity index (χ3n) is 2.24. The van der Waals surface area contributed by atoms with E-state index >= 15 is 0 Å². The van der Waals surface area contributed by atoms with Crippen LogP contribution in [0.1, 0.15) is 17.2 Å². The Kier molecular flexibility index (Phi) is 4.49. The number of aromatic hydroxyl groups is 1. The molecule has 0 aliphatic carbocycles. The van der Waals surface area contributed by atoms with Gasteiger partial charge in [0.15, 0.2) is 0 Å². The van der Waals surface area contributed by atoms with Crippen molar-refractivity contribution in [3.05, 3.63) is 48.4 Å². The van der Waals surface area contributed by atoms with Crippen LogP contribution in [0, 0.1) is 6.42 Å². The third-order valence-corrected chi connectivity index (χ3v) is 2.24. The third kappa shape index (κ3) is 3.06. The zero-order chi connectivity index (χ0) is 12.1. The van der Waals surface area contributed by atoms with E-state index in [1.54, 1.807) is 24.6 Å². The average molecular weight is 222 g/mol. The minimum Gasteiger partial charge on any atom is -0.508 e. The molecule has 87 valence electrons. The standard InChI is InChI=1S/C12H16NO3/c1-2-9(13)5-8-3-4-11(15)10(6-8)12(16)7-14/h2-6,9,12,14-16H,1,7,13H2. The first-order chi connectivity index (χ1) is 7.58. The molecule has 5 N–H and O–H groups in total. The lowest BCUT2D eigenvalue weighted by atomic mass is 10.0. The first kappa shape index (κ1) is 12.7. The van der Waals surface area contributed by atoms with Crippen LogP contribution in [0.25, 0.3) is 0 Å². The molecule has 4 heteroatoms. The molecule has 0 saturated heterocycles. The van der Waals surface area contributed by atoms with E-state index in [-0.39, 0.29) is 17.4 Å². The molecule has 1 radical (unpaired) electrons. The van der Waals surface area contributed by atoms with Gasteiger partial charge in [0.25, 0.3) is 0 Å². The van der Waals surface area contributed by atoms with Crippen molar-refractivity contribution in [2.45, 2.75) is 12.1 Å². The Labute approximate surface area is 94.7 Å². The largest absolute Gasteiger partial charge is 0.508 e. The van der Waals surface area contributed by atoms with Gasteiger partial charge in [-0.2, -0.15) is 0 Å². The summed E-state index contributed by atoms with van der Waals surface area (Å²) in [6, 6.07) is 4.42. The fourth-order valence-corrected chi connectivity index (χ4v) is 1.33. The quantitative estimate of drug-likeness (QED) is 0.546. The summed E-state index contributed by atoms with van der Waals surface area (Å²) in [6.07, 6.45) is 2.22. The zero-order valence-corrected chi connectivity index (χ0v) is 8.87. The van der Waals surface area contributed by atoms with Crippen molar-refractivity contribution in [3.8, 4) is 5.75 Å². The van der Waals surface area contributed by atoms with Crippen LogP contribution in [0.3, 0.4) is 0 Å². The second-order valence-electron chi connectivity index (χ2n) is 3.50. The van der Waals surface area contributed by atoms with E-state index in [2.05, 4.69) is 6.58 Å². The van der Waals surface area contributed by atoms with Gasteiger partial charge in [-0.1, -0.05) is 12.1 Å². The van der Waals surface area contributed by atoms with Crippen LogP contribution < -0.4 is 5.73 Å². The second kappa shape index (κ2) is 5.65. The summed E-state index contributed by atoms with van der Waals surface area (Å²) in [5, 5.41) is 27.8. The topological polar surface area (TPSA) is 86.7 Å². The summed E-state index contributed by atoms with van der Waals surface area (Å²) in [5.74, 6) is -0.0501. The Morgan fingerprint density at radius 1 is 1.44 bits per heavy atom. The van der Waals surface area contributed by atoms with Gasteiger partial charge in [0.05, 0.1) is 6.61 Å². The number of hydrogen-bond donors (Lipinski definition) is 4. The SMILES string of the molecule is C=CC(N)[CH]c1ccc(O)c(C(O)CO)c1. The van der Waals surface area contributed by atoms with Crippen molar-refractivity contribution in [1.29, 1.82) is 0 Å². The molecule has 2 unspecified atom stereocenters. The normalized spacial score (nSPS) is 14.4. The molecule has 1 rings (SSSR count). The molecule has 0 spiro atoms. The summed E-state index contributed by atoms with van der Waals surface area (Å²) in [6.45, 7) is 3.11. The summed E-state index contributed by atoms with van der Waals surface area (Å²) < 4.78 is 0. The molecule has 0 aromatic heterocycles. The lowest BCUT2D eigenvalue weighted by Crippen LogP contribution is -2.17. The Morgan fingerprint density at radius 3 is 2.69 bits per heavy atom. The minimum absolute atomic E-state index is 0.0501. The summed E-state index contributed by atoms with van der Waals surface area (Å²) >= 11 is 0. The van der Waals surface area contributed by atoms with Crippen LogP contribution in [-0.2, 0) is 0 Å². The van der Waals surface area contributed by atoms with E-state index in [0.29, 0.717) is 0 Å². The molecule has 16 heavy (non-hydrogen) atoms. The van der Waals surface area contributed by atoms with Gasteiger partial charge in [0, 0.05) is 18.0 Å². The highest BCUT2D eigenvalue weighted by atomic mass is 16.3. The maximum atomic E-state index is 9.49. The number of benzene rings is 1. The maximum absolute atomic E-state index is 9.49. The first-order valence-electron chi connectivity index (χ1n) is 4.93. The highest BCUT2D eigenvalue weighted by Gasteiger charge is 2.12. The second-order valence-corrected chi connectivity index (χ2v) is 3.50. The Bertz CT molecular complexity index is 365. The average Bonchev–Trinajstić information content (AvgIpc) is 2.30. The molecule has 0 bridgehead atoms. The van der Waals surface area contributed by atoms with Gasteiger partial charge in [-0.15, -0.1) is 6.58 Å². The molecule has 4 nitrogen and oxygen atoms in total. The van der Waals surface area contributed by atoms with Crippen molar-refractivity contribution >= 4 is 0 Å². The van der Waals surface area contributed by atoms with E-state index in [4.69, 9.17) is 10.8 Å². The highest BCUT2D eigenvalue weighted by molar-refractivity contribution is 5.41. The van der Waals surface area contributed by atoms with Crippen LogP contribution >= 0.6 is 0 Å². The minimum atomic E-state index is -1.09. The molecule has 0 aliphatic rings. The summed E-state index contributed by atoms with van der Waals surface area (Å²) in [7, 11) is 0. The maximum Gasteiger partial charge on any atom is 0.121 e. The zero-order valence-electron chi connectivity index (χ0n) is 8.87. The molecule has 0 heterocycles. The number of aliphatic hydroxyl groups is 2. The Hall–Kier alpha value is -1.36. The number of phenolic OH excluding ortho intramolecular Hbond substituents is 1. The van der Waals surface area contributed by atoms with Gasteiger partial charge in [0.1, 0.15) is 11.9 Å². The van der Waals surface area contributed by atoms with Crippen molar-refractivity contribution in [2.24, 2.45) is 5.73 Å². The molecular weight excluding hydrogens is 206 g/mol. The van der Waals surface area contributed by atoms with Gasteiger partial charge in [0.2, 0.25) is 0 Å². The van der Waals surface area contributed by atoms with Crippen molar-refractivity contribution in [2.75, 3.05) is 6.61 Å². The monoisotopic (exact) mass is 222 g/mol. The van der Waals surface area contributed by atoms with Crippen LogP contribution in [0.15, 0.2) is 30.9 Å². The van der Waals surface area contributed by atoms with Crippen LogP contribution in [-0.4, -0.2) is 28.0 Å². The molecular formula is C12H16NO3. The van der Waals surface area contributed by atoms with Gasteiger partial charge >= 0.3 is 0 Å². The highest BCUT2D eigenvalue weighted by Crippen LogP contribution is 2.25. The number of aliphatic hydroxyl groups excluding tert-OH is 2. The van der Waals surface area contributed by atoms with Crippen LogP contribution in [0.5, 0.6) is 5.75 Å². The van der Waals surface area contributed by atoms with Crippen LogP contribution in [0.2, 0.25) is 0 Å². The van der Waals surface area contributed by atoms with Crippen molar-refractivity contribution in [3.63, 3.8) is 0 Å².